The number of amides is 1. The van der Waals surface area contributed by atoms with Crippen LogP contribution in [0.15, 0.2) is 47.8 Å². The normalized spacial score (nSPS) is 25.5. The summed E-state index contributed by atoms with van der Waals surface area (Å²) in [6.45, 7) is 0.557. The first-order valence-electron chi connectivity index (χ1n) is 9.43. The summed E-state index contributed by atoms with van der Waals surface area (Å²) in [5.74, 6) is 0. The minimum atomic E-state index is -0.221. The van der Waals surface area contributed by atoms with Gasteiger partial charge in [-0.15, -0.1) is 11.3 Å². The third-order valence-electron chi connectivity index (χ3n) is 6.24. The fraction of sp³-hybridized carbons (Fsp3) is 0.476. The average molecular weight is 451 g/mol. The van der Waals surface area contributed by atoms with Gasteiger partial charge in [-0.3, -0.25) is 4.90 Å². The van der Waals surface area contributed by atoms with Crippen molar-refractivity contribution in [1.29, 1.82) is 0 Å². The number of ether oxygens (including phenoxy) is 1. The molecule has 27 heavy (non-hydrogen) atoms. The van der Waals surface area contributed by atoms with Crippen LogP contribution in [-0.4, -0.2) is 42.9 Å². The molecule has 1 aromatic heterocycles. The van der Waals surface area contributed by atoms with Gasteiger partial charge in [-0.2, -0.15) is 0 Å². The second-order valence-electron chi connectivity index (χ2n) is 7.99. The average Bonchev–Trinajstić information content (AvgIpc) is 3.16. The minimum absolute atomic E-state index is 0. The number of thiophene rings is 1. The molecule has 6 heteroatoms. The highest BCUT2D eigenvalue weighted by Crippen LogP contribution is 2.40. The number of anilines is 1. The summed E-state index contributed by atoms with van der Waals surface area (Å²) < 4.78 is 7.10. The zero-order valence-electron chi connectivity index (χ0n) is 15.9. The smallest absolute Gasteiger partial charge is 0.414 e. The number of nitrogens with zero attached hydrogens (tertiary/aromatic N) is 2. The largest absolute Gasteiger partial charge is 1.00 e. The van der Waals surface area contributed by atoms with Crippen molar-refractivity contribution in [2.24, 2.45) is 0 Å². The number of rotatable bonds is 4. The summed E-state index contributed by atoms with van der Waals surface area (Å²) in [7, 11) is 4.65. The fourth-order valence-corrected chi connectivity index (χ4v) is 5.25. The van der Waals surface area contributed by atoms with Crippen LogP contribution >= 0.6 is 11.3 Å². The summed E-state index contributed by atoms with van der Waals surface area (Å²) in [6, 6.07) is 15.2. The third kappa shape index (κ3) is 4.23. The molecular formula is C21H27BrN2O2S. The molecule has 2 unspecified atom stereocenters. The molecule has 1 aromatic carbocycles. The van der Waals surface area contributed by atoms with Crippen molar-refractivity contribution in [1.82, 2.24) is 0 Å². The Morgan fingerprint density at radius 2 is 1.78 bits per heavy atom. The zero-order valence-corrected chi connectivity index (χ0v) is 18.3. The van der Waals surface area contributed by atoms with Crippen LogP contribution in [0.3, 0.4) is 0 Å². The topological polar surface area (TPSA) is 29.5 Å². The molecule has 0 N–H and O–H groups in total. The van der Waals surface area contributed by atoms with Crippen LogP contribution in [-0.2, 0) is 11.3 Å². The molecule has 4 nitrogen and oxygen atoms in total. The maximum atomic E-state index is 13.0. The van der Waals surface area contributed by atoms with Crippen molar-refractivity contribution in [3.05, 3.63) is 52.7 Å². The Morgan fingerprint density at radius 3 is 2.37 bits per heavy atom. The van der Waals surface area contributed by atoms with Crippen molar-refractivity contribution < 1.29 is 31.0 Å². The van der Waals surface area contributed by atoms with Gasteiger partial charge in [-0.25, -0.2) is 4.79 Å². The number of para-hydroxylation sites is 1. The van der Waals surface area contributed by atoms with Crippen LogP contribution in [0.5, 0.6) is 0 Å². The number of piperidine rings is 1. The third-order valence-corrected chi connectivity index (χ3v) is 7.10. The van der Waals surface area contributed by atoms with Gasteiger partial charge < -0.3 is 26.2 Å². The second kappa shape index (κ2) is 8.33. The number of benzene rings is 1. The minimum Gasteiger partial charge on any atom is -1.00 e. The highest BCUT2D eigenvalue weighted by atomic mass is 79.9. The first-order chi connectivity index (χ1) is 12.5. The summed E-state index contributed by atoms with van der Waals surface area (Å²) >= 11 is 1.67. The molecule has 4 rings (SSSR count). The van der Waals surface area contributed by atoms with E-state index in [0.29, 0.717) is 18.6 Å². The predicted octanol–water partition coefficient (Wildman–Crippen LogP) is 1.67. The number of carbonyl (C=O) groups excluding carboxylic acids is 1. The van der Waals surface area contributed by atoms with E-state index in [2.05, 4.69) is 20.2 Å². The Bertz CT molecular complexity index is 735. The molecule has 2 fully saturated rings. The predicted molar refractivity (Wildman–Crippen MR) is 105 cm³/mol. The molecule has 2 aliphatic heterocycles. The lowest BCUT2D eigenvalue weighted by molar-refractivity contribution is -0.931. The Balaban J connectivity index is 0.00000210. The first kappa shape index (κ1) is 20.4. The first-order valence-corrected chi connectivity index (χ1v) is 10.3. The van der Waals surface area contributed by atoms with Crippen molar-refractivity contribution in [2.45, 2.75) is 50.4 Å². The van der Waals surface area contributed by atoms with Gasteiger partial charge >= 0.3 is 6.09 Å². The Labute approximate surface area is 176 Å². The van der Waals surface area contributed by atoms with E-state index in [4.69, 9.17) is 4.74 Å². The van der Waals surface area contributed by atoms with E-state index >= 15 is 0 Å². The van der Waals surface area contributed by atoms with E-state index < -0.39 is 0 Å². The zero-order chi connectivity index (χ0) is 18.1. The van der Waals surface area contributed by atoms with Gasteiger partial charge in [0.15, 0.2) is 0 Å². The lowest BCUT2D eigenvalue weighted by Crippen LogP contribution is -3.00. The molecule has 0 aliphatic carbocycles. The maximum Gasteiger partial charge on any atom is 0.414 e. The van der Waals surface area contributed by atoms with E-state index in [9.17, 15) is 4.79 Å². The molecule has 0 saturated carbocycles. The van der Waals surface area contributed by atoms with E-state index in [1.54, 1.807) is 16.2 Å². The number of halogens is 1. The van der Waals surface area contributed by atoms with Crippen LogP contribution < -0.4 is 21.9 Å². The molecule has 2 saturated heterocycles. The quantitative estimate of drug-likeness (QED) is 0.662. The molecule has 2 atom stereocenters. The highest BCUT2D eigenvalue weighted by Gasteiger charge is 2.50. The SMILES string of the molecule is C[N+]1(C)C2CCC1CC(OC(=O)N(Cc1cccs1)c1ccccc1)C2.[Br-]. The Morgan fingerprint density at radius 1 is 1.11 bits per heavy atom. The maximum absolute atomic E-state index is 13.0. The van der Waals surface area contributed by atoms with Gasteiger partial charge in [-0.05, 0) is 23.6 Å². The van der Waals surface area contributed by atoms with Gasteiger partial charge in [0, 0.05) is 36.2 Å². The molecule has 3 heterocycles. The van der Waals surface area contributed by atoms with Gasteiger partial charge in [0.2, 0.25) is 0 Å². The Hall–Kier alpha value is -1.37. The van der Waals surface area contributed by atoms with Crippen LogP contribution in [0.1, 0.15) is 30.6 Å². The van der Waals surface area contributed by atoms with Crippen molar-refractivity contribution in [3.8, 4) is 0 Å². The van der Waals surface area contributed by atoms with E-state index in [0.717, 1.165) is 27.9 Å². The van der Waals surface area contributed by atoms with Crippen molar-refractivity contribution in [2.75, 3.05) is 19.0 Å². The molecule has 2 bridgehead atoms. The summed E-state index contributed by atoms with van der Waals surface area (Å²) in [4.78, 5) is 16.0. The van der Waals surface area contributed by atoms with E-state index in [1.807, 2.05) is 41.8 Å². The standard InChI is InChI=1S/C21H27N2O2S.BrH/c1-23(2)17-10-11-18(23)14-19(13-17)25-21(24)22(15-20-9-6-12-26-20)16-7-4-3-5-8-16;/h3-9,12,17-19H,10-11,13-15H2,1-2H3;1H/q+1;/p-1. The second-order valence-corrected chi connectivity index (χ2v) is 9.02. The van der Waals surface area contributed by atoms with Gasteiger partial charge in [0.1, 0.15) is 6.10 Å². The van der Waals surface area contributed by atoms with Crippen LogP contribution in [0.25, 0.3) is 0 Å². The molecule has 2 aromatic rings. The number of hydrogen-bond donors (Lipinski definition) is 0. The number of hydrogen-bond acceptors (Lipinski definition) is 3. The molecule has 146 valence electrons. The molecule has 2 aliphatic rings. The molecular weight excluding hydrogens is 424 g/mol. The van der Waals surface area contributed by atoms with E-state index in [1.165, 1.54) is 12.8 Å². The fourth-order valence-electron chi connectivity index (χ4n) is 4.56. The summed E-state index contributed by atoms with van der Waals surface area (Å²) in [5.41, 5.74) is 0.890. The molecule has 0 spiro atoms. The monoisotopic (exact) mass is 450 g/mol. The van der Waals surface area contributed by atoms with Gasteiger partial charge in [0.05, 0.1) is 32.7 Å². The van der Waals surface area contributed by atoms with Crippen LogP contribution in [0.4, 0.5) is 10.5 Å². The molecule has 0 radical (unpaired) electrons. The molecule has 1 amide bonds. The summed E-state index contributed by atoms with van der Waals surface area (Å²) in [5, 5.41) is 2.04. The Kier molecular flexibility index (Phi) is 6.28. The lowest BCUT2D eigenvalue weighted by Gasteiger charge is -2.44. The van der Waals surface area contributed by atoms with Crippen LogP contribution in [0.2, 0.25) is 0 Å². The van der Waals surface area contributed by atoms with Crippen molar-refractivity contribution >= 4 is 23.1 Å². The van der Waals surface area contributed by atoms with Gasteiger partial charge in [-0.1, -0.05) is 24.3 Å². The van der Waals surface area contributed by atoms with E-state index in [-0.39, 0.29) is 29.2 Å². The number of quaternary nitrogens is 1. The highest BCUT2D eigenvalue weighted by molar-refractivity contribution is 7.09. The van der Waals surface area contributed by atoms with Crippen molar-refractivity contribution in [3.63, 3.8) is 0 Å². The number of carbonyl (C=O) groups is 1. The van der Waals surface area contributed by atoms with Gasteiger partial charge in [0.25, 0.3) is 0 Å². The van der Waals surface area contributed by atoms with Crippen LogP contribution in [0, 0.1) is 0 Å². The lowest BCUT2D eigenvalue weighted by atomic mass is 9.98. The number of fused-ring (bicyclic) bond motifs is 2. The summed E-state index contributed by atoms with van der Waals surface area (Å²) in [6.07, 6.45) is 4.29.